The number of ether oxygens (including phenoxy) is 3. The van der Waals surface area contributed by atoms with Crippen LogP contribution in [0.25, 0.3) is 11.5 Å². The average Bonchev–Trinajstić information content (AvgIpc) is 3.33. The van der Waals surface area contributed by atoms with Gasteiger partial charge in [0.2, 0.25) is 26.6 Å². The Labute approximate surface area is 205 Å². The fourth-order valence-corrected chi connectivity index (χ4v) is 5.12. The van der Waals surface area contributed by atoms with Crippen LogP contribution in [0.4, 0.5) is 5.88 Å². The molecule has 2 aromatic carbocycles. The topological polar surface area (TPSA) is 103 Å². The van der Waals surface area contributed by atoms with Gasteiger partial charge in [0.05, 0.1) is 12.0 Å². The lowest BCUT2D eigenvalue weighted by Crippen LogP contribution is -2.25. The van der Waals surface area contributed by atoms with Gasteiger partial charge in [0.15, 0.2) is 11.5 Å². The second kappa shape index (κ2) is 11.0. The van der Waals surface area contributed by atoms with E-state index < -0.39 is 9.84 Å². The highest BCUT2D eigenvalue weighted by Gasteiger charge is 2.30. The summed E-state index contributed by atoms with van der Waals surface area (Å²) in [6.45, 7) is 8.37. The average molecular weight is 502 g/mol. The molecule has 0 fully saturated rings. The van der Waals surface area contributed by atoms with Crippen molar-refractivity contribution >= 4 is 15.7 Å². The van der Waals surface area contributed by atoms with E-state index >= 15 is 0 Å². The standard InChI is InChI=1S/C25H31N3O6S/c1-4-28(5-2)13-7-12-26-24-25(27-23(34-24)18-8-6-9-19(16-18)31-3)35(29,30)20-10-11-21-22(17-20)33-15-14-32-21/h6,8-11,16-17,26H,4-5,7,12-15H2,1-3H3. The van der Waals surface area contributed by atoms with Crippen LogP contribution in [0.5, 0.6) is 17.2 Å². The van der Waals surface area contributed by atoms with E-state index in [2.05, 4.69) is 29.0 Å². The highest BCUT2D eigenvalue weighted by atomic mass is 32.2. The van der Waals surface area contributed by atoms with Crippen LogP contribution in [-0.4, -0.2) is 64.8 Å². The number of oxazole rings is 1. The van der Waals surface area contributed by atoms with Crippen LogP contribution in [0.1, 0.15) is 20.3 Å². The Hall–Kier alpha value is -3.24. The zero-order chi connectivity index (χ0) is 24.8. The first kappa shape index (κ1) is 24.9. The molecular weight excluding hydrogens is 470 g/mol. The monoisotopic (exact) mass is 501 g/mol. The number of hydrogen-bond donors (Lipinski definition) is 1. The molecule has 0 saturated carbocycles. The summed E-state index contributed by atoms with van der Waals surface area (Å²) in [6, 6.07) is 11.7. The third-order valence-corrected chi connectivity index (χ3v) is 7.48. The summed E-state index contributed by atoms with van der Waals surface area (Å²) < 4.78 is 49.7. The number of hydrogen-bond acceptors (Lipinski definition) is 9. The minimum atomic E-state index is -4.01. The van der Waals surface area contributed by atoms with Gasteiger partial charge in [-0.15, -0.1) is 0 Å². The van der Waals surface area contributed by atoms with Crippen molar-refractivity contribution in [1.82, 2.24) is 9.88 Å². The van der Waals surface area contributed by atoms with Crippen LogP contribution >= 0.6 is 0 Å². The number of benzene rings is 2. The molecule has 10 heteroatoms. The van der Waals surface area contributed by atoms with Crippen LogP contribution in [-0.2, 0) is 9.84 Å². The summed E-state index contributed by atoms with van der Waals surface area (Å²) in [5.74, 6) is 1.82. The van der Waals surface area contributed by atoms with Crippen molar-refractivity contribution < 1.29 is 27.0 Å². The van der Waals surface area contributed by atoms with Gasteiger partial charge in [0, 0.05) is 18.2 Å². The van der Waals surface area contributed by atoms with Crippen LogP contribution in [0, 0.1) is 0 Å². The number of nitrogens with one attached hydrogen (secondary N) is 1. The van der Waals surface area contributed by atoms with E-state index in [0.29, 0.717) is 42.6 Å². The largest absolute Gasteiger partial charge is 0.497 e. The predicted octanol–water partition coefficient (Wildman–Crippen LogP) is 4.10. The van der Waals surface area contributed by atoms with Gasteiger partial charge in [-0.2, -0.15) is 4.98 Å². The molecule has 0 saturated heterocycles. The molecule has 0 aliphatic carbocycles. The first-order chi connectivity index (χ1) is 17.0. The molecule has 0 amide bonds. The minimum absolute atomic E-state index is 0.0541. The third kappa shape index (κ3) is 5.54. The van der Waals surface area contributed by atoms with Crippen molar-refractivity contribution in [3.63, 3.8) is 0 Å². The molecule has 0 radical (unpaired) electrons. The number of methoxy groups -OCH3 is 1. The zero-order valence-electron chi connectivity index (χ0n) is 20.2. The predicted molar refractivity (Wildman–Crippen MR) is 132 cm³/mol. The first-order valence-corrected chi connectivity index (χ1v) is 13.2. The van der Waals surface area contributed by atoms with E-state index in [9.17, 15) is 8.42 Å². The van der Waals surface area contributed by atoms with Crippen molar-refractivity contribution in [1.29, 1.82) is 0 Å². The maximum atomic E-state index is 13.6. The van der Waals surface area contributed by atoms with Gasteiger partial charge in [-0.1, -0.05) is 19.9 Å². The molecule has 1 aliphatic heterocycles. The lowest BCUT2D eigenvalue weighted by Gasteiger charge is -2.18. The van der Waals surface area contributed by atoms with Crippen molar-refractivity contribution in [2.45, 2.75) is 30.2 Å². The summed E-state index contributed by atoms with van der Waals surface area (Å²) in [5, 5.41) is 2.98. The first-order valence-electron chi connectivity index (χ1n) is 11.7. The van der Waals surface area contributed by atoms with E-state index in [1.807, 2.05) is 0 Å². The normalized spacial score (nSPS) is 13.1. The molecule has 1 N–H and O–H groups in total. The fourth-order valence-electron chi connectivity index (χ4n) is 3.83. The summed E-state index contributed by atoms with van der Waals surface area (Å²) in [7, 11) is -2.45. The molecule has 35 heavy (non-hydrogen) atoms. The third-order valence-electron chi connectivity index (χ3n) is 5.82. The number of fused-ring (bicyclic) bond motifs is 1. The van der Waals surface area contributed by atoms with Gasteiger partial charge in [0.25, 0.3) is 0 Å². The van der Waals surface area contributed by atoms with Crippen molar-refractivity contribution in [2.75, 3.05) is 51.8 Å². The quantitative estimate of drug-likeness (QED) is 0.389. The lowest BCUT2D eigenvalue weighted by molar-refractivity contribution is 0.171. The SMILES string of the molecule is CCN(CC)CCCNc1oc(-c2cccc(OC)c2)nc1S(=O)(=O)c1ccc2c(c1)OCCO2. The van der Waals surface area contributed by atoms with Gasteiger partial charge in [-0.05, 0) is 56.4 Å². The molecule has 9 nitrogen and oxygen atoms in total. The minimum Gasteiger partial charge on any atom is -0.497 e. The van der Waals surface area contributed by atoms with E-state index in [1.165, 1.54) is 12.1 Å². The van der Waals surface area contributed by atoms with Crippen LogP contribution in [0.15, 0.2) is 56.8 Å². The second-order valence-corrected chi connectivity index (χ2v) is 9.87. The van der Waals surface area contributed by atoms with E-state index in [-0.39, 0.29) is 21.7 Å². The second-order valence-electron chi connectivity index (χ2n) is 8.00. The van der Waals surface area contributed by atoms with Gasteiger partial charge >= 0.3 is 0 Å². The van der Waals surface area contributed by atoms with Crippen LogP contribution < -0.4 is 19.5 Å². The van der Waals surface area contributed by atoms with E-state index in [0.717, 1.165) is 26.1 Å². The summed E-state index contributed by atoms with van der Waals surface area (Å²) in [4.78, 5) is 6.76. The maximum absolute atomic E-state index is 13.6. The van der Waals surface area contributed by atoms with Crippen molar-refractivity contribution in [3.8, 4) is 28.7 Å². The molecular formula is C25H31N3O6S. The number of sulfone groups is 1. The number of nitrogens with zero attached hydrogens (tertiary/aromatic N) is 2. The zero-order valence-corrected chi connectivity index (χ0v) is 21.1. The summed E-state index contributed by atoms with van der Waals surface area (Å²) in [5.41, 5.74) is 0.610. The van der Waals surface area contributed by atoms with Gasteiger partial charge in [-0.3, -0.25) is 0 Å². The van der Waals surface area contributed by atoms with Gasteiger partial charge in [-0.25, -0.2) is 8.42 Å². The molecule has 0 atom stereocenters. The Morgan fingerprint density at radius 2 is 1.83 bits per heavy atom. The maximum Gasteiger partial charge on any atom is 0.233 e. The molecule has 2 heterocycles. The number of anilines is 1. The molecule has 188 valence electrons. The van der Waals surface area contributed by atoms with E-state index in [1.54, 1.807) is 37.4 Å². The number of aromatic nitrogens is 1. The number of rotatable bonds is 11. The summed E-state index contributed by atoms with van der Waals surface area (Å²) in [6.07, 6.45) is 0.820. The highest BCUT2D eigenvalue weighted by molar-refractivity contribution is 7.91. The van der Waals surface area contributed by atoms with Gasteiger partial charge in [0.1, 0.15) is 19.0 Å². The molecule has 0 bridgehead atoms. The molecule has 4 rings (SSSR count). The Kier molecular flexibility index (Phi) is 7.82. The van der Waals surface area contributed by atoms with Crippen LogP contribution in [0.2, 0.25) is 0 Å². The molecule has 0 unspecified atom stereocenters. The Morgan fingerprint density at radius 1 is 1.06 bits per heavy atom. The Morgan fingerprint density at radius 3 is 2.57 bits per heavy atom. The fraction of sp³-hybridized carbons (Fsp3) is 0.400. The molecule has 1 aromatic heterocycles. The summed E-state index contributed by atoms with van der Waals surface area (Å²) >= 11 is 0. The van der Waals surface area contributed by atoms with Crippen LogP contribution in [0.3, 0.4) is 0 Å². The Bertz CT molecular complexity index is 1250. The molecule has 3 aromatic rings. The van der Waals surface area contributed by atoms with Gasteiger partial charge < -0.3 is 28.8 Å². The molecule has 0 spiro atoms. The lowest BCUT2D eigenvalue weighted by atomic mass is 10.2. The molecule has 1 aliphatic rings. The smallest absolute Gasteiger partial charge is 0.233 e. The highest BCUT2D eigenvalue weighted by Crippen LogP contribution is 2.37. The van der Waals surface area contributed by atoms with Crippen molar-refractivity contribution in [3.05, 3.63) is 42.5 Å². The Balaban J connectivity index is 1.67. The van der Waals surface area contributed by atoms with Crippen molar-refractivity contribution in [2.24, 2.45) is 0 Å². The van der Waals surface area contributed by atoms with E-state index in [4.69, 9.17) is 18.6 Å².